The van der Waals surface area contributed by atoms with Crippen LogP contribution in [0.5, 0.6) is 0 Å². The normalized spacial score (nSPS) is 10.3. The van der Waals surface area contributed by atoms with E-state index in [4.69, 9.17) is 22.7 Å². The van der Waals surface area contributed by atoms with Gasteiger partial charge in [-0.2, -0.15) is 0 Å². The molecule has 0 aliphatic carbocycles. The van der Waals surface area contributed by atoms with E-state index in [1.807, 2.05) is 31.2 Å². The van der Waals surface area contributed by atoms with Crippen LogP contribution < -0.4 is 5.73 Å². The van der Waals surface area contributed by atoms with Crippen LogP contribution in [0.3, 0.4) is 0 Å². The van der Waals surface area contributed by atoms with Gasteiger partial charge in [0.05, 0.1) is 0 Å². The van der Waals surface area contributed by atoms with Crippen LogP contribution in [-0.2, 0) is 16.1 Å². The van der Waals surface area contributed by atoms with Crippen LogP contribution in [0, 0.1) is 0 Å². The van der Waals surface area contributed by atoms with Crippen molar-refractivity contribution in [3.05, 3.63) is 35.4 Å². The van der Waals surface area contributed by atoms with E-state index in [1.165, 1.54) is 0 Å². The number of benzene rings is 1. The summed E-state index contributed by atoms with van der Waals surface area (Å²) in [5, 5.41) is 0. The Hall–Kier alpha value is -1.46. The Bertz CT molecular complexity index is 463. The summed E-state index contributed by atoms with van der Waals surface area (Å²) < 4.78 is 5.23. The molecule has 0 aromatic heterocycles. The van der Waals surface area contributed by atoms with Crippen molar-refractivity contribution < 1.29 is 9.53 Å². The van der Waals surface area contributed by atoms with Crippen LogP contribution in [0.25, 0.3) is 0 Å². The molecule has 0 atom stereocenters. The molecule has 0 saturated carbocycles. The lowest BCUT2D eigenvalue weighted by atomic mass is 10.1. The van der Waals surface area contributed by atoms with Crippen molar-refractivity contribution in [2.45, 2.75) is 26.3 Å². The summed E-state index contributed by atoms with van der Waals surface area (Å²) in [6, 6.07) is 7.66. The lowest BCUT2D eigenvalue weighted by molar-refractivity contribution is -0.130. The minimum Gasteiger partial charge on any atom is -0.389 e. The van der Waals surface area contributed by atoms with Gasteiger partial charge in [-0.15, -0.1) is 0 Å². The van der Waals surface area contributed by atoms with Crippen LogP contribution in [0.2, 0.25) is 0 Å². The van der Waals surface area contributed by atoms with Gasteiger partial charge in [-0.05, 0) is 25.0 Å². The zero-order valence-electron chi connectivity index (χ0n) is 12.1. The molecule has 110 valence electrons. The first-order valence-electron chi connectivity index (χ1n) is 6.75. The van der Waals surface area contributed by atoms with Crippen molar-refractivity contribution in [1.29, 1.82) is 0 Å². The lowest BCUT2D eigenvalue weighted by Crippen LogP contribution is -2.26. The van der Waals surface area contributed by atoms with Gasteiger partial charge in [0, 0.05) is 38.8 Å². The van der Waals surface area contributed by atoms with Crippen LogP contribution in [0.4, 0.5) is 0 Å². The van der Waals surface area contributed by atoms with Crippen LogP contribution >= 0.6 is 12.2 Å². The fraction of sp³-hybridized carbons (Fsp3) is 0.467. The molecule has 5 heteroatoms. The van der Waals surface area contributed by atoms with Crippen LogP contribution in [0.1, 0.15) is 30.9 Å². The molecule has 2 N–H and O–H groups in total. The largest absolute Gasteiger partial charge is 0.389 e. The van der Waals surface area contributed by atoms with Crippen molar-refractivity contribution >= 4 is 23.1 Å². The van der Waals surface area contributed by atoms with Gasteiger partial charge < -0.3 is 15.4 Å². The molecule has 1 amide bonds. The quantitative estimate of drug-likeness (QED) is 0.589. The number of carbonyl (C=O) groups excluding carboxylic acids is 1. The zero-order valence-corrected chi connectivity index (χ0v) is 12.9. The number of rotatable bonds is 8. The third-order valence-corrected chi connectivity index (χ3v) is 3.18. The topological polar surface area (TPSA) is 55.6 Å². The predicted molar refractivity (Wildman–Crippen MR) is 84.5 cm³/mol. The standard InChI is InChI=1S/C15H22N2O2S/c1-3-19-9-5-8-14(18)17(2)11-12-6-4-7-13(10-12)15(16)20/h4,6-7,10H,3,5,8-9,11H2,1-2H3,(H2,16,20). The van der Waals surface area contributed by atoms with Crippen molar-refractivity contribution in [3.8, 4) is 0 Å². The molecule has 0 unspecified atom stereocenters. The highest BCUT2D eigenvalue weighted by Crippen LogP contribution is 2.09. The number of ether oxygens (including phenoxy) is 1. The molecule has 20 heavy (non-hydrogen) atoms. The fourth-order valence-corrected chi connectivity index (χ4v) is 1.97. The predicted octanol–water partition coefficient (Wildman–Crippen LogP) is 2.10. The highest BCUT2D eigenvalue weighted by Gasteiger charge is 2.09. The molecule has 4 nitrogen and oxygen atoms in total. The van der Waals surface area contributed by atoms with Gasteiger partial charge in [0.25, 0.3) is 0 Å². The second-order valence-electron chi connectivity index (χ2n) is 4.61. The van der Waals surface area contributed by atoms with Gasteiger partial charge in [0.15, 0.2) is 0 Å². The highest BCUT2D eigenvalue weighted by molar-refractivity contribution is 7.80. The summed E-state index contributed by atoms with van der Waals surface area (Å²) in [5.74, 6) is 0.116. The second-order valence-corrected chi connectivity index (χ2v) is 5.05. The molecule has 1 rings (SSSR count). The molecule has 0 bridgehead atoms. The Morgan fingerprint density at radius 1 is 1.45 bits per heavy atom. The SMILES string of the molecule is CCOCCCC(=O)N(C)Cc1cccc(C(N)=S)c1. The third-order valence-electron chi connectivity index (χ3n) is 2.94. The van der Waals surface area contributed by atoms with E-state index in [0.717, 1.165) is 17.5 Å². The summed E-state index contributed by atoms with van der Waals surface area (Å²) >= 11 is 4.95. The molecular formula is C15H22N2O2S. The molecule has 0 spiro atoms. The van der Waals surface area contributed by atoms with Crippen molar-refractivity contribution in [2.24, 2.45) is 5.73 Å². The van der Waals surface area contributed by atoms with Crippen LogP contribution in [0.15, 0.2) is 24.3 Å². The maximum Gasteiger partial charge on any atom is 0.222 e. The van der Waals surface area contributed by atoms with Crippen molar-refractivity contribution in [2.75, 3.05) is 20.3 Å². The molecule has 0 saturated heterocycles. The molecule has 0 aliphatic heterocycles. The maximum atomic E-state index is 11.9. The van der Waals surface area contributed by atoms with Gasteiger partial charge in [-0.25, -0.2) is 0 Å². The molecule has 0 heterocycles. The molecule has 0 aliphatic rings. The first-order chi connectivity index (χ1) is 9.54. The summed E-state index contributed by atoms with van der Waals surface area (Å²) in [4.78, 5) is 14.0. The van der Waals surface area contributed by atoms with E-state index in [1.54, 1.807) is 11.9 Å². The van der Waals surface area contributed by atoms with Gasteiger partial charge in [-0.1, -0.05) is 30.4 Å². The van der Waals surface area contributed by atoms with E-state index >= 15 is 0 Å². The number of nitrogens with two attached hydrogens (primary N) is 1. The summed E-state index contributed by atoms with van der Waals surface area (Å²) in [5.41, 5.74) is 7.46. The summed E-state index contributed by atoms with van der Waals surface area (Å²) in [6.45, 7) is 3.83. The molecule has 1 aromatic carbocycles. The second kappa shape index (κ2) is 8.66. The number of amides is 1. The number of carbonyl (C=O) groups is 1. The van der Waals surface area contributed by atoms with Crippen LogP contribution in [-0.4, -0.2) is 36.1 Å². The Balaban J connectivity index is 2.48. The van der Waals surface area contributed by atoms with E-state index in [-0.39, 0.29) is 5.91 Å². The lowest BCUT2D eigenvalue weighted by Gasteiger charge is -2.17. The number of hydrogen-bond acceptors (Lipinski definition) is 3. The number of nitrogens with zero attached hydrogens (tertiary/aromatic N) is 1. The molecule has 0 fully saturated rings. The molecule has 0 radical (unpaired) electrons. The Morgan fingerprint density at radius 3 is 2.85 bits per heavy atom. The minimum absolute atomic E-state index is 0.116. The highest BCUT2D eigenvalue weighted by atomic mass is 32.1. The smallest absolute Gasteiger partial charge is 0.222 e. The molecule has 1 aromatic rings. The van der Waals surface area contributed by atoms with Gasteiger partial charge >= 0.3 is 0 Å². The first kappa shape index (κ1) is 16.6. The summed E-state index contributed by atoms with van der Waals surface area (Å²) in [7, 11) is 1.80. The van der Waals surface area contributed by atoms with E-state index in [2.05, 4.69) is 0 Å². The van der Waals surface area contributed by atoms with Gasteiger partial charge in [0.2, 0.25) is 5.91 Å². The average molecular weight is 294 g/mol. The van der Waals surface area contributed by atoms with E-state index in [0.29, 0.717) is 31.2 Å². The van der Waals surface area contributed by atoms with E-state index in [9.17, 15) is 4.79 Å². The summed E-state index contributed by atoms with van der Waals surface area (Å²) in [6.07, 6.45) is 1.26. The molecular weight excluding hydrogens is 272 g/mol. The third kappa shape index (κ3) is 5.67. The van der Waals surface area contributed by atoms with Gasteiger partial charge in [-0.3, -0.25) is 4.79 Å². The number of hydrogen-bond donors (Lipinski definition) is 1. The monoisotopic (exact) mass is 294 g/mol. The first-order valence-corrected chi connectivity index (χ1v) is 7.16. The van der Waals surface area contributed by atoms with Crippen molar-refractivity contribution in [3.63, 3.8) is 0 Å². The van der Waals surface area contributed by atoms with E-state index < -0.39 is 0 Å². The minimum atomic E-state index is 0.116. The maximum absolute atomic E-state index is 11.9. The Labute approximate surface area is 125 Å². The Morgan fingerprint density at radius 2 is 2.20 bits per heavy atom. The number of thiocarbonyl (C=S) groups is 1. The van der Waals surface area contributed by atoms with Crippen molar-refractivity contribution in [1.82, 2.24) is 4.90 Å². The zero-order chi connectivity index (χ0) is 15.0. The van der Waals surface area contributed by atoms with Gasteiger partial charge in [0.1, 0.15) is 4.99 Å². The fourth-order valence-electron chi connectivity index (χ4n) is 1.85. The average Bonchev–Trinajstić information content (AvgIpc) is 2.43. The Kier molecular flexibility index (Phi) is 7.18.